The minimum atomic E-state index is -6.02. The molecule has 0 aliphatic heterocycles. The van der Waals surface area contributed by atoms with Gasteiger partial charge in [-0.05, 0) is 93.1 Å². The van der Waals surface area contributed by atoms with Crippen LogP contribution in [0.5, 0.6) is 17.5 Å². The third-order valence-corrected chi connectivity index (χ3v) is 30.2. The first-order valence-electron chi connectivity index (χ1n) is 29.4. The topological polar surface area (TPSA) is 150 Å². The van der Waals surface area contributed by atoms with Crippen LogP contribution in [-0.2, 0) is 32.7 Å². The first-order chi connectivity index (χ1) is 42.6. The van der Waals surface area contributed by atoms with Crippen LogP contribution < -0.4 is 13.7 Å². The number of carbonyl (C=O) groups is 2. The van der Waals surface area contributed by atoms with Gasteiger partial charge in [0.2, 0.25) is 11.8 Å². The number of esters is 2. The largest absolute Gasteiger partial charge is 0.534 e. The minimum Gasteiger partial charge on any atom is -0.481 e. The van der Waals surface area contributed by atoms with Gasteiger partial charge in [0.1, 0.15) is 40.4 Å². The zero-order valence-corrected chi connectivity index (χ0v) is 55.1. The average Bonchev–Trinajstić information content (AvgIpc) is 1.66. The number of benzene rings is 4. The third-order valence-electron chi connectivity index (χ3n) is 14.7. The van der Waals surface area contributed by atoms with Crippen LogP contribution in [0.3, 0.4) is 0 Å². The number of unbranched alkanes of at least 4 members (excludes halogenated alkanes) is 3. The van der Waals surface area contributed by atoms with Crippen molar-refractivity contribution in [2.24, 2.45) is 0 Å². The van der Waals surface area contributed by atoms with E-state index in [4.69, 9.17) is 18.9 Å². The Morgan fingerprint density at radius 1 is 0.596 bits per heavy atom. The maximum absolute atomic E-state index is 14.6. The summed E-state index contributed by atoms with van der Waals surface area (Å²) in [6.45, 7) is 14.2. The van der Waals surface area contributed by atoms with E-state index in [9.17, 15) is 48.7 Å². The number of pyridine rings is 2. The smallest absolute Gasteiger partial charge is 0.481 e. The number of rotatable bonds is 25. The van der Waals surface area contributed by atoms with Crippen molar-refractivity contribution >= 4 is 68.3 Å². The Labute approximate surface area is 519 Å². The van der Waals surface area contributed by atoms with E-state index in [0.29, 0.717) is 28.6 Å². The Morgan fingerprint density at radius 3 is 1.44 bits per heavy atom. The van der Waals surface area contributed by atoms with Gasteiger partial charge in [0.05, 0.1) is 40.5 Å². The molecule has 0 unspecified atom stereocenters. The van der Waals surface area contributed by atoms with Gasteiger partial charge in [-0.2, -0.15) is 21.6 Å². The number of hydrogen-bond acceptors (Lipinski definition) is 11. The van der Waals surface area contributed by atoms with Gasteiger partial charge >= 0.3 is 136 Å². The van der Waals surface area contributed by atoms with Crippen LogP contribution in [0.15, 0.2) is 126 Å². The van der Waals surface area contributed by atoms with Crippen LogP contribution in [0.2, 0.25) is 13.3 Å². The van der Waals surface area contributed by atoms with Crippen LogP contribution in [0, 0.1) is 23.3 Å². The van der Waals surface area contributed by atoms with Crippen LogP contribution in [0.4, 0.5) is 30.7 Å². The number of alkyl halides is 3. The second-order valence-corrected chi connectivity index (χ2v) is 35.3. The van der Waals surface area contributed by atoms with Crippen molar-refractivity contribution in [1.29, 1.82) is 0 Å². The number of carbonyl (C=O) groups excluding carboxylic acids is 2. The second kappa shape index (κ2) is 32.7. The van der Waals surface area contributed by atoms with Crippen molar-refractivity contribution in [2.75, 3.05) is 27.4 Å². The Balaban J connectivity index is 0.000000231. The number of nitrogens with zero attached hydrogens (tertiary/aromatic N) is 4. The van der Waals surface area contributed by atoms with Gasteiger partial charge in [0.15, 0.2) is 0 Å². The Hall–Kier alpha value is -7.66. The van der Waals surface area contributed by atoms with E-state index in [2.05, 4.69) is 52.0 Å². The molecule has 0 atom stereocenters. The molecule has 0 saturated carbocycles. The van der Waals surface area contributed by atoms with Crippen molar-refractivity contribution in [1.82, 2.24) is 19.1 Å². The molecule has 4 aromatic carbocycles. The van der Waals surface area contributed by atoms with Crippen LogP contribution in [0.1, 0.15) is 125 Å². The van der Waals surface area contributed by atoms with Gasteiger partial charge in [0, 0.05) is 79.7 Å². The molecule has 0 aliphatic carbocycles. The van der Waals surface area contributed by atoms with Crippen molar-refractivity contribution in [2.45, 2.75) is 119 Å². The standard InChI is InChI=1S/C27H24F2N2O3.C25H19F5N2O6S.3C4H9.C3H5.Sn/c1-4-7-17-9-12-23-21(14-17)24(20-8-6-13-30-26(20)33-3)25(27(32)34-5-2)31(23)16-18-10-11-19(28)15-22(18)29;1-3-37-24(33)22-21(17-5-4-10-31-23(17)36-2)18-12-16(38-39(34,35)25(28,29)30)8-9-20(18)32(22)13-14-6-7-15(26)11-19(14)27;3*1-3-4-2;1-3-2;/h4,6-15H,5,16H2,1-3H3;4-12H,3,13H2,1-2H3;3*1,3-4H2,2H3;1,3H,2H3;/b7-4-;;;;;;. The number of allylic oxidation sites excluding steroid dienone is 2. The summed E-state index contributed by atoms with van der Waals surface area (Å²) < 4.78 is 155. The van der Waals surface area contributed by atoms with Crippen molar-refractivity contribution in [3.8, 4) is 39.8 Å². The summed E-state index contributed by atoms with van der Waals surface area (Å²) >= 11 is -1.84. The summed E-state index contributed by atoms with van der Waals surface area (Å²) in [6, 6.07) is 21.7. The maximum Gasteiger partial charge on any atom is 0.534 e. The van der Waals surface area contributed by atoms with Gasteiger partial charge in [0.25, 0.3) is 0 Å². The quantitative estimate of drug-likeness (QED) is 0.0177. The van der Waals surface area contributed by atoms with Gasteiger partial charge < -0.3 is 32.3 Å². The molecule has 476 valence electrons. The zero-order valence-electron chi connectivity index (χ0n) is 51.4. The van der Waals surface area contributed by atoms with Crippen molar-refractivity contribution in [3.63, 3.8) is 0 Å². The Morgan fingerprint density at radius 2 is 1.04 bits per heavy atom. The molecule has 4 aromatic heterocycles. The first kappa shape index (κ1) is 70.4. The minimum absolute atomic E-state index is 0.00228. The van der Waals surface area contributed by atoms with Crippen molar-refractivity contribution < 1.29 is 71.9 Å². The summed E-state index contributed by atoms with van der Waals surface area (Å²) in [5.74, 6) is -4.89. The van der Waals surface area contributed by atoms with Crippen LogP contribution >= 0.6 is 0 Å². The van der Waals surface area contributed by atoms with Crippen LogP contribution in [0.25, 0.3) is 50.1 Å². The fraction of sp³-hybridized carbons (Fsp3) is 0.343. The molecule has 4 heterocycles. The first-order valence-corrected chi connectivity index (χ1v) is 38.5. The predicted octanol–water partition coefficient (Wildman–Crippen LogP) is 17.6. The molecular weight excluding hydrogens is 1290 g/mol. The molecular formula is C67H75F7N4O9SSn. The van der Waals surface area contributed by atoms with E-state index < -0.39 is 75.0 Å². The van der Waals surface area contributed by atoms with Gasteiger partial charge in [-0.15, -0.1) is 0 Å². The van der Waals surface area contributed by atoms with Gasteiger partial charge in [-0.3, -0.25) is 0 Å². The summed E-state index contributed by atoms with van der Waals surface area (Å²) in [5.41, 5.74) is -2.19. The number of hydrogen-bond donors (Lipinski definition) is 0. The number of aromatic nitrogens is 4. The normalized spacial score (nSPS) is 11.8. The molecule has 13 nitrogen and oxygen atoms in total. The predicted molar refractivity (Wildman–Crippen MR) is 336 cm³/mol. The van der Waals surface area contributed by atoms with Gasteiger partial charge in [-0.1, -0.05) is 30.4 Å². The molecule has 0 radical (unpaired) electrons. The molecule has 8 aromatic rings. The molecule has 8 rings (SSSR count). The van der Waals surface area contributed by atoms with E-state index in [1.807, 2.05) is 43.3 Å². The molecule has 0 amide bonds. The van der Waals surface area contributed by atoms with Crippen molar-refractivity contribution in [3.05, 3.63) is 177 Å². The monoisotopic (exact) mass is 1360 g/mol. The van der Waals surface area contributed by atoms with Crippen LogP contribution in [-0.4, -0.2) is 90.8 Å². The maximum atomic E-state index is 14.6. The molecule has 89 heavy (non-hydrogen) atoms. The molecule has 0 aliphatic rings. The Kier molecular flexibility index (Phi) is 25.9. The van der Waals surface area contributed by atoms with E-state index in [0.717, 1.165) is 35.2 Å². The Bertz CT molecular complexity index is 3880. The molecule has 22 heteroatoms. The number of fused-ring (bicyclic) bond motifs is 2. The summed E-state index contributed by atoms with van der Waals surface area (Å²) in [7, 11) is -3.21. The van der Waals surface area contributed by atoms with E-state index in [1.54, 1.807) is 44.0 Å². The summed E-state index contributed by atoms with van der Waals surface area (Å²) in [6.07, 6.45) is 17.8. The molecule has 0 saturated heterocycles. The summed E-state index contributed by atoms with van der Waals surface area (Å²) in [4.78, 5) is 35.0. The third kappa shape index (κ3) is 17.4. The van der Waals surface area contributed by atoms with E-state index >= 15 is 0 Å². The second-order valence-electron chi connectivity index (χ2n) is 20.8. The number of halogens is 7. The molecule has 0 spiro atoms. The molecule has 0 N–H and O–H groups in total. The fourth-order valence-corrected chi connectivity index (χ4v) is 25.7. The van der Waals surface area contributed by atoms with Gasteiger partial charge in [-0.25, -0.2) is 37.1 Å². The zero-order chi connectivity index (χ0) is 65.1. The van der Waals surface area contributed by atoms with E-state index in [1.165, 1.54) is 99.9 Å². The summed E-state index contributed by atoms with van der Waals surface area (Å²) in [5, 5.41) is 0.800. The molecule has 0 bridgehead atoms. The van der Waals surface area contributed by atoms with E-state index in [-0.39, 0.29) is 76.7 Å². The number of methoxy groups -OCH3 is 2. The SMILES string of the molecule is C/C=C\c1ccc2c(c1)c(-c1cccnc1OC)c(C(=O)OCC)n2Cc1ccc(F)cc1F.C/C=[CH]\[Sn]([CH2]CCC)([CH2]CCC)[CH2]CCC.CCOC(=O)c1c(-c2cccnc2OC)c2cc(OS(=O)(=O)C(F)(F)F)ccc2n1Cc1ccc(F)cc1F. The molecule has 0 fully saturated rings. The average molecular weight is 1360 g/mol. The number of ether oxygens (including phenoxy) is 4. The fourth-order valence-electron chi connectivity index (χ4n) is 10.6.